The molecule has 0 radical (unpaired) electrons. The van der Waals surface area contributed by atoms with Gasteiger partial charge in [0.05, 0.1) is 5.25 Å². The second kappa shape index (κ2) is 7.08. The van der Waals surface area contributed by atoms with Crippen LogP contribution in [-0.4, -0.2) is 36.4 Å². The van der Waals surface area contributed by atoms with Gasteiger partial charge in [-0.1, -0.05) is 11.8 Å². The second-order valence-corrected chi connectivity index (χ2v) is 11.4. The van der Waals surface area contributed by atoms with Crippen molar-refractivity contribution in [2.24, 2.45) is 17.8 Å². The molecule has 1 atom stereocenters. The van der Waals surface area contributed by atoms with Gasteiger partial charge in [0.25, 0.3) is 0 Å². The fourth-order valence-electron chi connectivity index (χ4n) is 6.56. The summed E-state index contributed by atoms with van der Waals surface area (Å²) in [6, 6.07) is 4.39. The summed E-state index contributed by atoms with van der Waals surface area (Å²) in [6.07, 6.45) is 13.6. The predicted octanol–water partition coefficient (Wildman–Crippen LogP) is 4.24. The Hall–Kier alpha value is -1.89. The number of nitrogens with zero attached hydrogens (tertiary/aromatic N) is 4. The van der Waals surface area contributed by atoms with E-state index in [1.165, 1.54) is 38.5 Å². The van der Waals surface area contributed by atoms with Crippen molar-refractivity contribution in [3.05, 3.63) is 24.5 Å². The van der Waals surface area contributed by atoms with Crippen LogP contribution < -0.4 is 5.32 Å². The number of hydrogen-bond acceptors (Lipinski definition) is 5. The van der Waals surface area contributed by atoms with E-state index in [1.807, 2.05) is 19.1 Å². The van der Waals surface area contributed by atoms with Crippen LogP contribution in [0.15, 0.2) is 29.7 Å². The SMILES string of the molecule is C[C@@H](Sc1nnc(-c2ccncc2)n1C1CC1)C(=O)NC12CC3CC(CC(C3)C1)C2. The van der Waals surface area contributed by atoms with Crippen LogP contribution in [0.3, 0.4) is 0 Å². The third kappa shape index (κ3) is 3.35. The molecule has 1 amide bonds. The summed E-state index contributed by atoms with van der Waals surface area (Å²) in [7, 11) is 0. The van der Waals surface area contributed by atoms with E-state index in [0.717, 1.165) is 47.1 Å². The number of thioether (sulfide) groups is 1. The molecular formula is C23H29N5OS. The van der Waals surface area contributed by atoms with Gasteiger partial charge in [0.15, 0.2) is 11.0 Å². The highest BCUT2D eigenvalue weighted by Crippen LogP contribution is 2.55. The highest BCUT2D eigenvalue weighted by Gasteiger charge is 2.51. The van der Waals surface area contributed by atoms with Gasteiger partial charge in [-0.25, -0.2) is 0 Å². The lowest BCUT2D eigenvalue weighted by Crippen LogP contribution is -2.60. The molecule has 0 aliphatic heterocycles. The van der Waals surface area contributed by atoms with E-state index in [-0.39, 0.29) is 16.7 Å². The summed E-state index contributed by atoms with van der Waals surface area (Å²) in [5, 5.41) is 13.2. The van der Waals surface area contributed by atoms with E-state index < -0.39 is 0 Å². The Bertz CT molecular complexity index is 918. The summed E-state index contributed by atoms with van der Waals surface area (Å²) in [5.74, 6) is 3.55. The van der Waals surface area contributed by atoms with Gasteiger partial charge >= 0.3 is 0 Å². The first-order valence-electron chi connectivity index (χ1n) is 11.4. The first kappa shape index (κ1) is 18.8. The van der Waals surface area contributed by atoms with Crippen molar-refractivity contribution in [3.8, 4) is 11.4 Å². The van der Waals surface area contributed by atoms with Crippen molar-refractivity contribution in [2.45, 2.75) is 80.3 Å². The monoisotopic (exact) mass is 423 g/mol. The molecule has 0 unspecified atom stereocenters. The Morgan fingerprint density at radius 3 is 2.33 bits per heavy atom. The molecule has 0 saturated heterocycles. The number of nitrogens with one attached hydrogen (secondary N) is 1. The standard InChI is InChI=1S/C23H29N5OS/c1-14(21(29)25-23-11-15-8-16(12-23)10-17(9-15)13-23)30-22-27-26-20(28(22)19-2-3-19)18-4-6-24-7-5-18/h4-7,14-17,19H,2-3,8-13H2,1H3,(H,25,29)/t14-,15?,16?,17?,23?/m1/s1. The van der Waals surface area contributed by atoms with Gasteiger partial charge in [-0.05, 0) is 88.2 Å². The zero-order valence-corrected chi connectivity index (χ0v) is 18.3. The Labute approximate surface area is 181 Å². The van der Waals surface area contributed by atoms with Gasteiger partial charge in [0.1, 0.15) is 0 Å². The lowest BCUT2D eigenvalue weighted by Gasteiger charge is -2.57. The summed E-state index contributed by atoms with van der Waals surface area (Å²) in [6.45, 7) is 2.01. The van der Waals surface area contributed by atoms with Crippen LogP contribution in [0.5, 0.6) is 0 Å². The average Bonchev–Trinajstić information content (AvgIpc) is 3.47. The number of amides is 1. The van der Waals surface area contributed by atoms with E-state index in [2.05, 4.69) is 25.1 Å². The van der Waals surface area contributed by atoms with Gasteiger partial charge in [-0.2, -0.15) is 0 Å². The Morgan fingerprint density at radius 1 is 1.10 bits per heavy atom. The molecule has 2 heterocycles. The minimum Gasteiger partial charge on any atom is -0.350 e. The summed E-state index contributed by atoms with van der Waals surface area (Å²) in [4.78, 5) is 17.3. The molecule has 158 valence electrons. The topological polar surface area (TPSA) is 72.7 Å². The van der Waals surface area contributed by atoms with Crippen LogP contribution in [0.25, 0.3) is 11.4 Å². The normalized spacial score (nSPS) is 32.9. The van der Waals surface area contributed by atoms with Crippen molar-refractivity contribution >= 4 is 17.7 Å². The molecule has 5 fully saturated rings. The van der Waals surface area contributed by atoms with Crippen molar-refractivity contribution < 1.29 is 4.79 Å². The Balaban J connectivity index is 1.19. The highest BCUT2D eigenvalue weighted by atomic mass is 32.2. The zero-order valence-electron chi connectivity index (χ0n) is 17.5. The maximum Gasteiger partial charge on any atom is 0.233 e. The third-order valence-electron chi connectivity index (χ3n) is 7.59. The number of aromatic nitrogens is 4. The van der Waals surface area contributed by atoms with E-state index in [4.69, 9.17) is 0 Å². The van der Waals surface area contributed by atoms with E-state index in [0.29, 0.717) is 6.04 Å². The Kier molecular flexibility index (Phi) is 4.44. The summed E-state index contributed by atoms with van der Waals surface area (Å²) >= 11 is 1.55. The quantitative estimate of drug-likeness (QED) is 0.704. The van der Waals surface area contributed by atoms with Gasteiger partial charge in [0, 0.05) is 29.5 Å². The molecule has 0 spiro atoms. The average molecular weight is 424 g/mol. The second-order valence-electron chi connectivity index (χ2n) is 10.1. The van der Waals surface area contributed by atoms with E-state index in [9.17, 15) is 4.79 Å². The number of hydrogen-bond donors (Lipinski definition) is 1. The number of pyridine rings is 1. The number of carbonyl (C=O) groups is 1. The molecule has 1 N–H and O–H groups in total. The van der Waals surface area contributed by atoms with Gasteiger partial charge in [0.2, 0.25) is 5.91 Å². The first-order valence-corrected chi connectivity index (χ1v) is 12.3. The summed E-state index contributed by atoms with van der Waals surface area (Å²) in [5.41, 5.74) is 1.09. The van der Waals surface area contributed by atoms with Crippen LogP contribution in [0.2, 0.25) is 0 Å². The molecular weight excluding hydrogens is 394 g/mol. The molecule has 7 heteroatoms. The van der Waals surface area contributed by atoms with Gasteiger partial charge in [-0.3, -0.25) is 14.3 Å². The molecule has 2 aromatic heterocycles. The first-order chi connectivity index (χ1) is 14.6. The van der Waals surface area contributed by atoms with Crippen LogP contribution in [0, 0.1) is 17.8 Å². The molecule has 5 aliphatic rings. The van der Waals surface area contributed by atoms with Crippen molar-refractivity contribution in [1.82, 2.24) is 25.1 Å². The fourth-order valence-corrected chi connectivity index (χ4v) is 7.47. The highest BCUT2D eigenvalue weighted by molar-refractivity contribution is 8.00. The lowest BCUT2D eigenvalue weighted by atomic mass is 9.53. The molecule has 2 aromatic rings. The predicted molar refractivity (Wildman–Crippen MR) is 116 cm³/mol. The van der Waals surface area contributed by atoms with Crippen LogP contribution in [0.4, 0.5) is 0 Å². The maximum absolute atomic E-state index is 13.2. The molecule has 5 saturated carbocycles. The molecule has 4 bridgehead atoms. The minimum absolute atomic E-state index is 0.0625. The zero-order chi connectivity index (χ0) is 20.3. The van der Waals surface area contributed by atoms with Crippen LogP contribution in [0.1, 0.15) is 64.3 Å². The molecule has 0 aromatic carbocycles. The van der Waals surface area contributed by atoms with Crippen molar-refractivity contribution in [1.29, 1.82) is 0 Å². The maximum atomic E-state index is 13.2. The largest absolute Gasteiger partial charge is 0.350 e. The molecule has 5 aliphatic carbocycles. The molecule has 6 nitrogen and oxygen atoms in total. The van der Waals surface area contributed by atoms with Crippen molar-refractivity contribution in [3.63, 3.8) is 0 Å². The Morgan fingerprint density at radius 2 is 1.73 bits per heavy atom. The number of rotatable bonds is 6. The molecule has 30 heavy (non-hydrogen) atoms. The van der Waals surface area contributed by atoms with Gasteiger partial charge < -0.3 is 5.32 Å². The third-order valence-corrected chi connectivity index (χ3v) is 8.65. The molecule has 7 rings (SSSR count). The van der Waals surface area contributed by atoms with Crippen LogP contribution >= 0.6 is 11.8 Å². The fraction of sp³-hybridized carbons (Fsp3) is 0.652. The van der Waals surface area contributed by atoms with Crippen LogP contribution in [-0.2, 0) is 4.79 Å². The van der Waals surface area contributed by atoms with Gasteiger partial charge in [-0.15, -0.1) is 10.2 Å². The minimum atomic E-state index is -0.176. The van der Waals surface area contributed by atoms with E-state index >= 15 is 0 Å². The van der Waals surface area contributed by atoms with E-state index in [1.54, 1.807) is 24.2 Å². The summed E-state index contributed by atoms with van der Waals surface area (Å²) < 4.78 is 2.23. The smallest absolute Gasteiger partial charge is 0.233 e. The lowest BCUT2D eigenvalue weighted by molar-refractivity contribution is -0.126. The number of carbonyl (C=O) groups excluding carboxylic acids is 1. The van der Waals surface area contributed by atoms with Crippen molar-refractivity contribution in [2.75, 3.05) is 0 Å².